The van der Waals surface area contributed by atoms with Gasteiger partial charge in [0.25, 0.3) is 5.91 Å². The minimum Gasteiger partial charge on any atom is -0.349 e. The molecule has 1 aromatic carbocycles. The van der Waals surface area contributed by atoms with E-state index in [1.54, 1.807) is 0 Å². The number of likely N-dealkylation sites (tertiary alicyclic amines) is 1. The largest absolute Gasteiger partial charge is 0.416 e. The Bertz CT molecular complexity index is 992. The van der Waals surface area contributed by atoms with Crippen LogP contribution in [0.4, 0.5) is 13.2 Å². The fourth-order valence-electron chi connectivity index (χ4n) is 4.60. The fraction of sp³-hybridized carbons (Fsp3) is 0.522. The number of hydrogen-bond donors (Lipinski definition) is 2. The Hall–Kier alpha value is -2.88. The summed E-state index contributed by atoms with van der Waals surface area (Å²) in [6, 6.07) is 5.11. The van der Waals surface area contributed by atoms with Gasteiger partial charge < -0.3 is 10.6 Å². The highest BCUT2D eigenvalue weighted by Crippen LogP contribution is 2.32. The Morgan fingerprint density at radius 1 is 1.12 bits per heavy atom. The maximum Gasteiger partial charge on any atom is 0.416 e. The first-order chi connectivity index (χ1) is 15.7. The summed E-state index contributed by atoms with van der Waals surface area (Å²) in [4.78, 5) is 26.6. The number of alkyl halides is 3. The topological polar surface area (TPSA) is 79.3 Å². The van der Waals surface area contributed by atoms with E-state index in [0.29, 0.717) is 12.1 Å². The molecule has 1 aliphatic heterocycles. The molecule has 2 amide bonds. The van der Waals surface area contributed by atoms with Gasteiger partial charge in [0.1, 0.15) is 0 Å². The Morgan fingerprint density at radius 2 is 1.82 bits per heavy atom. The standard InChI is InChI=1S/C23H28F3N5O2/c1-15-10-28-31(12-15)20-7-5-19(6-8-20)30-13-18(14-30)29-21(32)11-27-22(33)16-3-2-4-17(9-16)23(24,25)26/h2-4,9-10,12,18-20H,5-8,11,13-14H2,1H3,(H,27,33)(H,29,32). The van der Waals surface area contributed by atoms with Crippen LogP contribution in [0.3, 0.4) is 0 Å². The monoisotopic (exact) mass is 463 g/mol. The maximum atomic E-state index is 12.8. The second-order valence-electron chi connectivity index (χ2n) is 8.94. The Labute approximate surface area is 190 Å². The van der Waals surface area contributed by atoms with Crippen molar-refractivity contribution >= 4 is 11.8 Å². The predicted octanol–water partition coefficient (Wildman–Crippen LogP) is 2.92. The summed E-state index contributed by atoms with van der Waals surface area (Å²) in [7, 11) is 0. The molecule has 0 unspecified atom stereocenters. The van der Waals surface area contributed by atoms with Crippen LogP contribution in [0.1, 0.15) is 53.2 Å². The van der Waals surface area contributed by atoms with Crippen molar-refractivity contribution in [2.75, 3.05) is 19.6 Å². The summed E-state index contributed by atoms with van der Waals surface area (Å²) in [5.41, 5.74) is 0.140. The molecule has 10 heteroatoms. The van der Waals surface area contributed by atoms with Crippen molar-refractivity contribution in [3.05, 3.63) is 53.3 Å². The molecule has 33 heavy (non-hydrogen) atoms. The second kappa shape index (κ2) is 9.54. The first kappa shape index (κ1) is 23.3. The zero-order chi connectivity index (χ0) is 23.6. The van der Waals surface area contributed by atoms with Crippen LogP contribution < -0.4 is 10.6 Å². The van der Waals surface area contributed by atoms with Crippen molar-refractivity contribution in [1.29, 1.82) is 0 Å². The molecule has 1 saturated carbocycles. The van der Waals surface area contributed by atoms with Crippen LogP contribution in [0.2, 0.25) is 0 Å². The van der Waals surface area contributed by atoms with Gasteiger partial charge in [-0.25, -0.2) is 0 Å². The van der Waals surface area contributed by atoms with Crippen LogP contribution in [-0.4, -0.2) is 58.2 Å². The van der Waals surface area contributed by atoms with Gasteiger partial charge in [0, 0.05) is 30.9 Å². The average Bonchev–Trinajstić information content (AvgIpc) is 3.20. The molecule has 2 aromatic rings. The molecule has 0 bridgehead atoms. The van der Waals surface area contributed by atoms with Crippen LogP contribution >= 0.6 is 0 Å². The van der Waals surface area contributed by atoms with Gasteiger partial charge in [0.2, 0.25) is 5.91 Å². The molecular weight excluding hydrogens is 435 g/mol. The lowest BCUT2D eigenvalue weighted by Gasteiger charge is -2.46. The molecule has 2 heterocycles. The van der Waals surface area contributed by atoms with Gasteiger partial charge >= 0.3 is 6.18 Å². The van der Waals surface area contributed by atoms with E-state index in [0.717, 1.165) is 50.9 Å². The van der Waals surface area contributed by atoms with Crippen molar-refractivity contribution < 1.29 is 22.8 Å². The molecule has 2 aliphatic rings. The molecule has 4 rings (SSSR count). The minimum atomic E-state index is -4.53. The van der Waals surface area contributed by atoms with Crippen LogP contribution in [-0.2, 0) is 11.0 Å². The molecule has 0 atom stereocenters. The van der Waals surface area contributed by atoms with E-state index in [1.165, 1.54) is 17.7 Å². The number of aromatic nitrogens is 2. The smallest absolute Gasteiger partial charge is 0.349 e. The highest BCUT2D eigenvalue weighted by atomic mass is 19.4. The molecule has 1 aromatic heterocycles. The lowest BCUT2D eigenvalue weighted by Crippen LogP contribution is -2.63. The second-order valence-corrected chi connectivity index (χ2v) is 8.94. The molecule has 7 nitrogen and oxygen atoms in total. The molecular formula is C23H28F3N5O2. The van der Waals surface area contributed by atoms with E-state index in [2.05, 4.69) is 31.5 Å². The number of hydrogen-bond acceptors (Lipinski definition) is 4. The summed E-state index contributed by atoms with van der Waals surface area (Å²) >= 11 is 0. The van der Waals surface area contributed by atoms with E-state index in [-0.39, 0.29) is 24.1 Å². The number of carbonyl (C=O) groups is 2. The summed E-state index contributed by atoms with van der Waals surface area (Å²) in [6.07, 6.45) is 3.81. The number of halogens is 3. The number of nitrogens with zero attached hydrogens (tertiary/aromatic N) is 3. The fourth-order valence-corrected chi connectivity index (χ4v) is 4.60. The van der Waals surface area contributed by atoms with E-state index in [9.17, 15) is 22.8 Å². The van der Waals surface area contributed by atoms with Gasteiger partial charge in [-0.3, -0.25) is 19.2 Å². The zero-order valence-electron chi connectivity index (χ0n) is 18.4. The molecule has 1 aliphatic carbocycles. The van der Waals surface area contributed by atoms with Gasteiger partial charge in [-0.1, -0.05) is 6.07 Å². The number of rotatable bonds is 6. The molecule has 0 radical (unpaired) electrons. The Kier molecular flexibility index (Phi) is 6.73. The first-order valence-corrected chi connectivity index (χ1v) is 11.2. The maximum absolute atomic E-state index is 12.8. The van der Waals surface area contributed by atoms with Gasteiger partial charge in [0.05, 0.1) is 30.4 Å². The lowest BCUT2D eigenvalue weighted by molar-refractivity contribution is -0.137. The van der Waals surface area contributed by atoms with Crippen LogP contribution in [0.25, 0.3) is 0 Å². The van der Waals surface area contributed by atoms with Crippen molar-refractivity contribution in [2.24, 2.45) is 0 Å². The number of benzene rings is 1. The van der Waals surface area contributed by atoms with Crippen molar-refractivity contribution in [3.8, 4) is 0 Å². The lowest BCUT2D eigenvalue weighted by atomic mass is 9.88. The predicted molar refractivity (Wildman–Crippen MR) is 116 cm³/mol. The SMILES string of the molecule is Cc1cnn(C2CCC(N3CC(NC(=O)CNC(=O)c4cccc(C(F)(F)F)c4)C3)CC2)c1. The average molecular weight is 464 g/mol. The highest BCUT2D eigenvalue weighted by Gasteiger charge is 2.35. The van der Waals surface area contributed by atoms with Gasteiger partial charge in [-0.15, -0.1) is 0 Å². The number of amides is 2. The van der Waals surface area contributed by atoms with Crippen molar-refractivity contribution in [1.82, 2.24) is 25.3 Å². The quantitative estimate of drug-likeness (QED) is 0.691. The Morgan fingerprint density at radius 3 is 2.45 bits per heavy atom. The third kappa shape index (κ3) is 5.73. The molecule has 0 spiro atoms. The minimum absolute atomic E-state index is 0.0226. The van der Waals surface area contributed by atoms with Gasteiger partial charge in [-0.05, 0) is 56.4 Å². The van der Waals surface area contributed by atoms with E-state index in [1.807, 2.05) is 13.1 Å². The van der Waals surface area contributed by atoms with Crippen molar-refractivity contribution in [3.63, 3.8) is 0 Å². The number of carbonyl (C=O) groups excluding carboxylic acids is 2. The van der Waals surface area contributed by atoms with E-state index >= 15 is 0 Å². The molecule has 178 valence electrons. The summed E-state index contributed by atoms with van der Waals surface area (Å²) in [5, 5.41) is 9.69. The molecule has 2 fully saturated rings. The third-order valence-corrected chi connectivity index (χ3v) is 6.42. The highest BCUT2D eigenvalue weighted by molar-refractivity contribution is 5.96. The van der Waals surface area contributed by atoms with Gasteiger partial charge in [-0.2, -0.15) is 18.3 Å². The third-order valence-electron chi connectivity index (χ3n) is 6.42. The van der Waals surface area contributed by atoms with Crippen molar-refractivity contribution in [2.45, 2.75) is 56.9 Å². The van der Waals surface area contributed by atoms with Crippen LogP contribution in [0, 0.1) is 6.92 Å². The van der Waals surface area contributed by atoms with Gasteiger partial charge in [0.15, 0.2) is 0 Å². The normalized spacial score (nSPS) is 21.9. The summed E-state index contributed by atoms with van der Waals surface area (Å²) in [5.74, 6) is -1.06. The summed E-state index contributed by atoms with van der Waals surface area (Å²) in [6.45, 7) is 3.30. The van der Waals surface area contributed by atoms with Crippen LogP contribution in [0.15, 0.2) is 36.7 Å². The summed E-state index contributed by atoms with van der Waals surface area (Å²) < 4.78 is 40.5. The first-order valence-electron chi connectivity index (χ1n) is 11.2. The number of nitrogens with one attached hydrogen (secondary N) is 2. The Balaban J connectivity index is 1.15. The molecule has 1 saturated heterocycles. The number of aryl methyl sites for hydroxylation is 1. The zero-order valence-corrected chi connectivity index (χ0v) is 18.4. The van der Waals surface area contributed by atoms with Crippen LogP contribution in [0.5, 0.6) is 0 Å². The molecule has 2 N–H and O–H groups in total. The van der Waals surface area contributed by atoms with E-state index < -0.39 is 17.6 Å². The van der Waals surface area contributed by atoms with E-state index in [4.69, 9.17) is 0 Å².